The van der Waals surface area contributed by atoms with Crippen molar-refractivity contribution in [3.8, 4) is 5.75 Å². The molecular formula is C16H16ClFO2. The molecule has 106 valence electrons. The molecule has 20 heavy (non-hydrogen) atoms. The molecule has 0 radical (unpaired) electrons. The molecule has 2 nitrogen and oxygen atoms in total. The molecular weight excluding hydrogens is 279 g/mol. The average Bonchev–Trinajstić information content (AvgIpc) is 2.38. The standard InChI is InChI=1S/C16H16ClFO2/c1-10-3-4-13(14(17)7-10)9-20-16-6-5-12(11(2)19)8-15(16)18/h3-8,11,19H,9H2,1-2H3/t11-/m1/s1. The lowest BCUT2D eigenvalue weighted by atomic mass is 10.1. The number of aliphatic hydroxyl groups excluding tert-OH is 1. The molecule has 0 aliphatic carbocycles. The Labute approximate surface area is 122 Å². The summed E-state index contributed by atoms with van der Waals surface area (Å²) in [6.45, 7) is 3.73. The Balaban J connectivity index is 2.11. The third kappa shape index (κ3) is 3.50. The Morgan fingerprint density at radius 3 is 2.60 bits per heavy atom. The molecule has 2 rings (SSSR count). The lowest BCUT2D eigenvalue weighted by Crippen LogP contribution is -2.00. The topological polar surface area (TPSA) is 29.5 Å². The van der Waals surface area contributed by atoms with Gasteiger partial charge in [-0.2, -0.15) is 0 Å². The molecule has 0 aliphatic rings. The highest BCUT2D eigenvalue weighted by Crippen LogP contribution is 2.24. The highest BCUT2D eigenvalue weighted by Gasteiger charge is 2.09. The van der Waals surface area contributed by atoms with Gasteiger partial charge < -0.3 is 9.84 Å². The van der Waals surface area contributed by atoms with Crippen LogP contribution in [0.2, 0.25) is 5.02 Å². The molecule has 0 bridgehead atoms. The van der Waals surface area contributed by atoms with Gasteiger partial charge in [-0.05, 0) is 43.2 Å². The minimum Gasteiger partial charge on any atom is -0.486 e. The van der Waals surface area contributed by atoms with E-state index in [1.54, 1.807) is 13.0 Å². The molecule has 0 fully saturated rings. The molecule has 0 saturated heterocycles. The maximum Gasteiger partial charge on any atom is 0.165 e. The Morgan fingerprint density at radius 1 is 1.25 bits per heavy atom. The fourth-order valence-electron chi connectivity index (χ4n) is 1.82. The normalized spacial score (nSPS) is 12.2. The summed E-state index contributed by atoms with van der Waals surface area (Å²) in [4.78, 5) is 0. The molecule has 4 heteroatoms. The van der Waals surface area contributed by atoms with Crippen molar-refractivity contribution < 1.29 is 14.2 Å². The van der Waals surface area contributed by atoms with Crippen LogP contribution in [0.3, 0.4) is 0 Å². The molecule has 2 aromatic rings. The summed E-state index contributed by atoms with van der Waals surface area (Å²) < 4.78 is 19.2. The van der Waals surface area contributed by atoms with Crippen LogP contribution in [0.25, 0.3) is 0 Å². The van der Waals surface area contributed by atoms with E-state index in [1.165, 1.54) is 12.1 Å². The maximum atomic E-state index is 13.8. The van der Waals surface area contributed by atoms with E-state index in [1.807, 2.05) is 25.1 Å². The predicted octanol–water partition coefficient (Wildman–Crippen LogP) is 4.42. The van der Waals surface area contributed by atoms with Gasteiger partial charge in [0.15, 0.2) is 11.6 Å². The number of hydrogen-bond donors (Lipinski definition) is 1. The second-order valence-electron chi connectivity index (χ2n) is 4.75. The number of aliphatic hydroxyl groups is 1. The van der Waals surface area contributed by atoms with Gasteiger partial charge in [-0.1, -0.05) is 29.8 Å². The van der Waals surface area contributed by atoms with E-state index in [2.05, 4.69) is 0 Å². The van der Waals surface area contributed by atoms with Gasteiger partial charge in [0, 0.05) is 10.6 Å². The Morgan fingerprint density at radius 2 is 2.00 bits per heavy atom. The molecule has 0 amide bonds. The van der Waals surface area contributed by atoms with Crippen LogP contribution < -0.4 is 4.74 Å². The van der Waals surface area contributed by atoms with Gasteiger partial charge in [-0.15, -0.1) is 0 Å². The Bertz CT molecular complexity index is 611. The van der Waals surface area contributed by atoms with Gasteiger partial charge in [0.25, 0.3) is 0 Å². The monoisotopic (exact) mass is 294 g/mol. The van der Waals surface area contributed by atoms with E-state index < -0.39 is 11.9 Å². The van der Waals surface area contributed by atoms with Gasteiger partial charge in [-0.25, -0.2) is 4.39 Å². The van der Waals surface area contributed by atoms with Gasteiger partial charge >= 0.3 is 0 Å². The maximum absolute atomic E-state index is 13.8. The fourth-order valence-corrected chi connectivity index (χ4v) is 2.11. The minimum absolute atomic E-state index is 0.144. The third-order valence-corrected chi connectivity index (χ3v) is 3.38. The second-order valence-corrected chi connectivity index (χ2v) is 5.16. The van der Waals surface area contributed by atoms with Gasteiger partial charge in [-0.3, -0.25) is 0 Å². The van der Waals surface area contributed by atoms with Crippen molar-refractivity contribution in [1.82, 2.24) is 0 Å². The summed E-state index contributed by atoms with van der Waals surface area (Å²) in [5, 5.41) is 9.99. The van der Waals surface area contributed by atoms with Gasteiger partial charge in [0.05, 0.1) is 6.10 Å². The van der Waals surface area contributed by atoms with Crippen LogP contribution in [0.1, 0.15) is 29.7 Å². The zero-order valence-corrected chi connectivity index (χ0v) is 12.1. The van der Waals surface area contributed by atoms with E-state index in [4.69, 9.17) is 16.3 Å². The van der Waals surface area contributed by atoms with Crippen molar-refractivity contribution in [1.29, 1.82) is 0 Å². The largest absolute Gasteiger partial charge is 0.486 e. The van der Waals surface area contributed by atoms with Gasteiger partial charge in [0.1, 0.15) is 6.61 Å². The number of benzene rings is 2. The van der Waals surface area contributed by atoms with E-state index in [9.17, 15) is 9.50 Å². The molecule has 0 unspecified atom stereocenters. The van der Waals surface area contributed by atoms with Crippen LogP contribution >= 0.6 is 11.6 Å². The molecule has 1 atom stereocenters. The van der Waals surface area contributed by atoms with Crippen LogP contribution in [0, 0.1) is 12.7 Å². The Kier molecular flexibility index (Phi) is 4.63. The lowest BCUT2D eigenvalue weighted by molar-refractivity contribution is 0.198. The highest BCUT2D eigenvalue weighted by molar-refractivity contribution is 6.31. The van der Waals surface area contributed by atoms with Crippen LogP contribution in [0.15, 0.2) is 36.4 Å². The summed E-state index contributed by atoms with van der Waals surface area (Å²) in [7, 11) is 0. The van der Waals surface area contributed by atoms with Crippen LogP contribution in [0.4, 0.5) is 4.39 Å². The second kappa shape index (κ2) is 6.25. The van der Waals surface area contributed by atoms with Crippen molar-refractivity contribution >= 4 is 11.6 Å². The quantitative estimate of drug-likeness (QED) is 0.904. The first-order valence-corrected chi connectivity index (χ1v) is 6.70. The van der Waals surface area contributed by atoms with E-state index >= 15 is 0 Å². The van der Waals surface area contributed by atoms with E-state index in [-0.39, 0.29) is 12.4 Å². The summed E-state index contributed by atoms with van der Waals surface area (Å²) in [6, 6.07) is 10.1. The molecule has 0 saturated carbocycles. The van der Waals surface area contributed by atoms with Crippen LogP contribution in [0.5, 0.6) is 5.75 Å². The molecule has 0 heterocycles. The number of aryl methyl sites for hydroxylation is 1. The Hall–Kier alpha value is -1.58. The predicted molar refractivity (Wildman–Crippen MR) is 77.6 cm³/mol. The highest BCUT2D eigenvalue weighted by atomic mass is 35.5. The van der Waals surface area contributed by atoms with Crippen LogP contribution in [-0.4, -0.2) is 5.11 Å². The zero-order chi connectivity index (χ0) is 14.7. The smallest absolute Gasteiger partial charge is 0.165 e. The van der Waals surface area contributed by atoms with Crippen molar-refractivity contribution in [3.63, 3.8) is 0 Å². The number of hydrogen-bond acceptors (Lipinski definition) is 2. The zero-order valence-electron chi connectivity index (χ0n) is 11.4. The number of rotatable bonds is 4. The first kappa shape index (κ1) is 14.8. The van der Waals surface area contributed by atoms with Gasteiger partial charge in [0.2, 0.25) is 0 Å². The molecule has 2 aromatic carbocycles. The molecule has 0 aromatic heterocycles. The van der Waals surface area contributed by atoms with E-state index in [0.717, 1.165) is 11.1 Å². The van der Waals surface area contributed by atoms with Crippen molar-refractivity contribution in [2.45, 2.75) is 26.6 Å². The first-order chi connectivity index (χ1) is 9.47. The molecule has 0 spiro atoms. The molecule has 0 aliphatic heterocycles. The lowest BCUT2D eigenvalue weighted by Gasteiger charge is -2.11. The summed E-state index contributed by atoms with van der Waals surface area (Å²) >= 11 is 6.10. The SMILES string of the molecule is Cc1ccc(COc2ccc([C@@H](C)O)cc2F)c(Cl)c1. The molecule has 1 N–H and O–H groups in total. The fraction of sp³-hybridized carbons (Fsp3) is 0.250. The number of halogens is 2. The average molecular weight is 295 g/mol. The van der Waals surface area contributed by atoms with Crippen molar-refractivity contribution in [3.05, 3.63) is 63.9 Å². The number of ether oxygens (including phenoxy) is 1. The summed E-state index contributed by atoms with van der Waals surface area (Å²) in [6.07, 6.45) is -0.704. The third-order valence-electron chi connectivity index (χ3n) is 3.03. The van der Waals surface area contributed by atoms with E-state index in [0.29, 0.717) is 10.6 Å². The summed E-state index contributed by atoms with van der Waals surface area (Å²) in [5.74, 6) is -0.349. The summed E-state index contributed by atoms with van der Waals surface area (Å²) in [5.41, 5.74) is 2.38. The van der Waals surface area contributed by atoms with Crippen molar-refractivity contribution in [2.75, 3.05) is 0 Å². The minimum atomic E-state index is -0.704. The van der Waals surface area contributed by atoms with Crippen LogP contribution in [-0.2, 0) is 6.61 Å². The van der Waals surface area contributed by atoms with Crippen molar-refractivity contribution in [2.24, 2.45) is 0 Å². The first-order valence-electron chi connectivity index (χ1n) is 6.32.